The molecule has 0 aliphatic rings. The number of hydrogen-bond donors (Lipinski definition) is 1. The predicted molar refractivity (Wildman–Crippen MR) is 110 cm³/mol. The van der Waals surface area contributed by atoms with Gasteiger partial charge in [-0.3, -0.25) is 5.43 Å². The van der Waals surface area contributed by atoms with Crippen LogP contribution < -0.4 is 14.9 Å². The Morgan fingerprint density at radius 1 is 1.23 bits per heavy atom. The lowest BCUT2D eigenvalue weighted by atomic mass is 10.2. The lowest BCUT2D eigenvalue weighted by molar-refractivity contribution is 0.284. The molecule has 0 bridgehead atoms. The number of rotatable bonds is 7. The van der Waals surface area contributed by atoms with E-state index in [1.165, 1.54) is 11.3 Å². The highest BCUT2D eigenvalue weighted by Crippen LogP contribution is 2.28. The molecule has 7 heteroatoms. The molecule has 0 saturated carbocycles. The number of nitrogens with zero attached hydrogens (tertiary/aromatic N) is 2. The van der Waals surface area contributed by atoms with Gasteiger partial charge < -0.3 is 9.47 Å². The van der Waals surface area contributed by atoms with Crippen molar-refractivity contribution >= 4 is 38.6 Å². The van der Waals surface area contributed by atoms with E-state index in [2.05, 4.69) is 31.4 Å². The molecule has 2 aromatic carbocycles. The largest absolute Gasteiger partial charge is 0.493 e. The van der Waals surface area contributed by atoms with Crippen LogP contribution >= 0.6 is 27.3 Å². The second-order valence-corrected chi connectivity index (χ2v) is 7.27. The zero-order chi connectivity index (χ0) is 18.4. The maximum Gasteiger partial charge on any atom is 0.203 e. The molecule has 26 heavy (non-hydrogen) atoms. The third kappa shape index (κ3) is 5.06. The maximum atomic E-state index is 5.89. The van der Waals surface area contributed by atoms with E-state index < -0.39 is 0 Å². The Balaban J connectivity index is 1.65. The van der Waals surface area contributed by atoms with Crippen molar-refractivity contribution in [1.29, 1.82) is 0 Å². The van der Waals surface area contributed by atoms with Gasteiger partial charge in [0.25, 0.3) is 0 Å². The van der Waals surface area contributed by atoms with Crippen LogP contribution in [0.2, 0.25) is 0 Å². The van der Waals surface area contributed by atoms with E-state index in [9.17, 15) is 0 Å². The van der Waals surface area contributed by atoms with E-state index >= 15 is 0 Å². The molecule has 0 amide bonds. The topological polar surface area (TPSA) is 55.7 Å². The molecule has 0 radical (unpaired) electrons. The first-order chi connectivity index (χ1) is 12.6. The number of hydrogen-bond acceptors (Lipinski definition) is 6. The van der Waals surface area contributed by atoms with Crippen molar-refractivity contribution < 1.29 is 9.47 Å². The Morgan fingerprint density at radius 2 is 2.12 bits per heavy atom. The molecule has 0 saturated heterocycles. The van der Waals surface area contributed by atoms with E-state index in [1.54, 1.807) is 13.3 Å². The molecule has 134 valence electrons. The molecule has 3 rings (SSSR count). The summed E-state index contributed by atoms with van der Waals surface area (Å²) in [6.45, 7) is 2.41. The first-order valence-corrected chi connectivity index (χ1v) is 9.58. The number of hydrazone groups is 1. The van der Waals surface area contributed by atoms with E-state index in [0.29, 0.717) is 18.1 Å². The molecule has 1 heterocycles. The van der Waals surface area contributed by atoms with Gasteiger partial charge in [0.05, 0.1) is 19.0 Å². The highest BCUT2D eigenvalue weighted by atomic mass is 79.9. The summed E-state index contributed by atoms with van der Waals surface area (Å²) >= 11 is 4.98. The smallest absolute Gasteiger partial charge is 0.203 e. The lowest BCUT2D eigenvalue weighted by Gasteiger charge is -2.11. The van der Waals surface area contributed by atoms with Gasteiger partial charge in [0, 0.05) is 9.85 Å². The van der Waals surface area contributed by atoms with Gasteiger partial charge in [0.15, 0.2) is 11.5 Å². The molecule has 1 N–H and O–H groups in total. The van der Waals surface area contributed by atoms with Crippen LogP contribution in [0.5, 0.6) is 11.5 Å². The second kappa shape index (κ2) is 8.82. The molecule has 3 aromatic rings. The van der Waals surface area contributed by atoms with E-state index in [0.717, 1.165) is 26.4 Å². The van der Waals surface area contributed by atoms with Gasteiger partial charge in [-0.2, -0.15) is 5.10 Å². The third-order valence-corrected chi connectivity index (χ3v) is 4.82. The van der Waals surface area contributed by atoms with Crippen molar-refractivity contribution in [2.45, 2.75) is 13.5 Å². The molecule has 0 aliphatic heterocycles. The summed E-state index contributed by atoms with van der Waals surface area (Å²) in [7, 11) is 1.62. The molecule has 0 spiro atoms. The van der Waals surface area contributed by atoms with Gasteiger partial charge >= 0.3 is 0 Å². The number of benzene rings is 2. The Kier molecular flexibility index (Phi) is 6.25. The van der Waals surface area contributed by atoms with Crippen molar-refractivity contribution in [3.63, 3.8) is 0 Å². The van der Waals surface area contributed by atoms with Crippen LogP contribution in [0.4, 0.5) is 5.13 Å². The van der Waals surface area contributed by atoms with Gasteiger partial charge in [0.2, 0.25) is 5.13 Å². The van der Waals surface area contributed by atoms with Gasteiger partial charge in [0.1, 0.15) is 6.61 Å². The zero-order valence-corrected chi connectivity index (χ0v) is 16.8. The molecule has 0 unspecified atom stereocenters. The Bertz CT molecular complexity index is 911. The number of aryl methyl sites for hydroxylation is 1. The molecular weight excluding hydrogens is 414 g/mol. The predicted octanol–water partition coefficient (Wildman–Crippen LogP) is 5.25. The number of thiazole rings is 1. The van der Waals surface area contributed by atoms with E-state index in [1.807, 2.05) is 54.8 Å². The minimum absolute atomic E-state index is 0.466. The maximum absolute atomic E-state index is 5.89. The molecule has 0 fully saturated rings. The summed E-state index contributed by atoms with van der Waals surface area (Å²) in [6, 6.07) is 13.7. The zero-order valence-electron chi connectivity index (χ0n) is 14.4. The molecular formula is C19H18BrN3O2S. The number of nitrogens with one attached hydrogen (secondary N) is 1. The summed E-state index contributed by atoms with van der Waals surface area (Å²) in [5, 5.41) is 6.94. The van der Waals surface area contributed by atoms with Crippen molar-refractivity contribution in [2.24, 2.45) is 5.10 Å². The van der Waals surface area contributed by atoms with E-state index in [4.69, 9.17) is 9.47 Å². The minimum Gasteiger partial charge on any atom is -0.493 e. The van der Waals surface area contributed by atoms with Crippen molar-refractivity contribution in [1.82, 2.24) is 4.98 Å². The van der Waals surface area contributed by atoms with Crippen LogP contribution in [0.3, 0.4) is 0 Å². The molecule has 1 aromatic heterocycles. The average Bonchev–Trinajstić information content (AvgIpc) is 3.05. The summed E-state index contributed by atoms with van der Waals surface area (Å²) < 4.78 is 12.4. The first-order valence-electron chi connectivity index (χ1n) is 7.90. The molecule has 0 atom stereocenters. The fraction of sp³-hybridized carbons (Fsp3) is 0.158. The number of methoxy groups -OCH3 is 1. The summed E-state index contributed by atoms with van der Waals surface area (Å²) in [6.07, 6.45) is 1.72. The number of aromatic nitrogens is 1. The average molecular weight is 432 g/mol. The molecule has 0 aliphatic carbocycles. The summed E-state index contributed by atoms with van der Waals surface area (Å²) in [5.74, 6) is 1.35. The SMILES string of the molecule is COc1cc(C=NNc2nc(C)cs2)ccc1OCc1cccc(Br)c1. The van der Waals surface area contributed by atoms with Crippen LogP contribution in [0.25, 0.3) is 0 Å². The van der Waals surface area contributed by atoms with Gasteiger partial charge in [-0.05, 0) is 48.4 Å². The van der Waals surface area contributed by atoms with Gasteiger partial charge in [-0.15, -0.1) is 11.3 Å². The van der Waals surface area contributed by atoms with Crippen molar-refractivity contribution in [3.05, 3.63) is 69.1 Å². The van der Waals surface area contributed by atoms with Crippen LogP contribution in [-0.2, 0) is 6.61 Å². The van der Waals surface area contributed by atoms with Crippen molar-refractivity contribution in [2.75, 3.05) is 12.5 Å². The number of anilines is 1. The monoisotopic (exact) mass is 431 g/mol. The Labute approximate surface area is 164 Å². The van der Waals surface area contributed by atoms with Crippen LogP contribution in [0.15, 0.2) is 57.4 Å². The number of ether oxygens (including phenoxy) is 2. The van der Waals surface area contributed by atoms with Crippen molar-refractivity contribution in [3.8, 4) is 11.5 Å². The standard InChI is InChI=1S/C19H18BrN3O2S/c1-13-12-26-19(22-13)23-21-10-14-6-7-17(18(9-14)24-2)25-11-15-4-3-5-16(20)8-15/h3-10,12H,11H2,1-2H3,(H,22,23). The first kappa shape index (κ1) is 18.4. The van der Waals surface area contributed by atoms with Gasteiger partial charge in [-0.1, -0.05) is 28.1 Å². The summed E-state index contributed by atoms with van der Waals surface area (Å²) in [5.41, 5.74) is 5.87. The van der Waals surface area contributed by atoms with Gasteiger partial charge in [-0.25, -0.2) is 4.98 Å². The summed E-state index contributed by atoms with van der Waals surface area (Å²) in [4.78, 5) is 4.29. The third-order valence-electron chi connectivity index (χ3n) is 3.46. The highest BCUT2D eigenvalue weighted by molar-refractivity contribution is 9.10. The second-order valence-electron chi connectivity index (χ2n) is 5.49. The fourth-order valence-electron chi connectivity index (χ4n) is 2.24. The minimum atomic E-state index is 0.466. The Morgan fingerprint density at radius 3 is 2.85 bits per heavy atom. The van der Waals surface area contributed by atoms with Crippen LogP contribution in [0, 0.1) is 6.92 Å². The highest BCUT2D eigenvalue weighted by Gasteiger charge is 2.06. The Hall–Kier alpha value is -2.38. The fourth-order valence-corrected chi connectivity index (χ4v) is 3.32. The van der Waals surface area contributed by atoms with E-state index in [-0.39, 0.29) is 0 Å². The lowest BCUT2D eigenvalue weighted by Crippen LogP contribution is -1.98. The quantitative estimate of drug-likeness (QED) is 0.410. The normalized spacial score (nSPS) is 10.9. The van der Waals surface area contributed by atoms with Crippen LogP contribution in [0.1, 0.15) is 16.8 Å². The molecule has 5 nitrogen and oxygen atoms in total. The van der Waals surface area contributed by atoms with Crippen LogP contribution in [-0.4, -0.2) is 18.3 Å². The number of halogens is 1.